The van der Waals surface area contributed by atoms with Crippen molar-refractivity contribution in [2.24, 2.45) is 5.73 Å². The number of carboxylic acid groups (broad SMARTS) is 1. The van der Waals surface area contributed by atoms with Crippen LogP contribution in [0.5, 0.6) is 0 Å². The summed E-state index contributed by atoms with van der Waals surface area (Å²) >= 11 is 0. The van der Waals surface area contributed by atoms with Crippen molar-refractivity contribution in [1.29, 1.82) is 0 Å². The summed E-state index contributed by atoms with van der Waals surface area (Å²) in [5.74, 6) is -2.34. The molecule has 2 amide bonds. The molecule has 0 aliphatic carbocycles. The molecule has 0 aromatic rings. The van der Waals surface area contributed by atoms with Crippen molar-refractivity contribution < 1.29 is 29.7 Å². The SMILES string of the molecule is NCC(=O)N1C[C@H](O)C[C@H]1C(=O)N1CC[C@H](O)[C@H]1C(=O)O. The third-order valence-electron chi connectivity index (χ3n) is 3.96. The summed E-state index contributed by atoms with van der Waals surface area (Å²) in [4.78, 5) is 37.6. The highest BCUT2D eigenvalue weighted by atomic mass is 16.4. The van der Waals surface area contributed by atoms with Gasteiger partial charge in [-0.15, -0.1) is 0 Å². The maximum Gasteiger partial charge on any atom is 0.329 e. The Morgan fingerprint density at radius 2 is 1.86 bits per heavy atom. The summed E-state index contributed by atoms with van der Waals surface area (Å²) < 4.78 is 0. The van der Waals surface area contributed by atoms with Crippen LogP contribution in [0.1, 0.15) is 12.8 Å². The zero-order valence-electron chi connectivity index (χ0n) is 11.4. The molecule has 0 aromatic heterocycles. The predicted octanol–water partition coefficient (Wildman–Crippen LogP) is -3.05. The average molecular weight is 301 g/mol. The minimum Gasteiger partial charge on any atom is -0.480 e. The molecule has 0 bridgehead atoms. The van der Waals surface area contributed by atoms with E-state index in [4.69, 9.17) is 10.8 Å². The van der Waals surface area contributed by atoms with E-state index in [1.807, 2.05) is 0 Å². The summed E-state index contributed by atoms with van der Waals surface area (Å²) in [6, 6.07) is -2.24. The zero-order valence-corrected chi connectivity index (χ0v) is 11.4. The summed E-state index contributed by atoms with van der Waals surface area (Å²) in [5.41, 5.74) is 5.28. The standard InChI is InChI=1S/C12H19N3O6/c13-4-9(18)15-5-6(16)3-7(15)11(19)14-2-1-8(17)10(14)12(20)21/h6-8,10,16-17H,1-5,13H2,(H,20,21)/t6-,7+,8+,10+/m1/s1. The second-order valence-electron chi connectivity index (χ2n) is 5.33. The van der Waals surface area contributed by atoms with E-state index in [9.17, 15) is 24.6 Å². The summed E-state index contributed by atoms with van der Waals surface area (Å²) in [5, 5.41) is 28.4. The maximum atomic E-state index is 12.5. The van der Waals surface area contributed by atoms with Gasteiger partial charge in [0.2, 0.25) is 11.8 Å². The highest BCUT2D eigenvalue weighted by Crippen LogP contribution is 2.25. The number of carboxylic acids is 1. The Bertz CT molecular complexity index is 456. The first kappa shape index (κ1) is 15.7. The van der Waals surface area contributed by atoms with Crippen LogP contribution in [0.15, 0.2) is 0 Å². The molecule has 0 spiro atoms. The Morgan fingerprint density at radius 3 is 2.43 bits per heavy atom. The number of rotatable bonds is 3. The molecule has 2 heterocycles. The van der Waals surface area contributed by atoms with Crippen molar-refractivity contribution in [2.45, 2.75) is 37.1 Å². The molecule has 2 aliphatic heterocycles. The van der Waals surface area contributed by atoms with Crippen LogP contribution in [0.25, 0.3) is 0 Å². The molecule has 9 nitrogen and oxygen atoms in total. The maximum absolute atomic E-state index is 12.5. The molecule has 21 heavy (non-hydrogen) atoms. The lowest BCUT2D eigenvalue weighted by Gasteiger charge is -2.30. The van der Waals surface area contributed by atoms with E-state index in [2.05, 4.69) is 0 Å². The number of aliphatic carboxylic acids is 1. The lowest BCUT2D eigenvalue weighted by Crippen LogP contribution is -2.53. The van der Waals surface area contributed by atoms with Crippen LogP contribution in [0, 0.1) is 0 Å². The first-order valence-corrected chi connectivity index (χ1v) is 6.75. The number of hydrogen-bond acceptors (Lipinski definition) is 6. The van der Waals surface area contributed by atoms with Crippen molar-refractivity contribution in [1.82, 2.24) is 9.80 Å². The highest BCUT2D eigenvalue weighted by Gasteiger charge is 2.47. The second kappa shape index (κ2) is 5.96. The zero-order chi connectivity index (χ0) is 15.7. The molecule has 4 atom stereocenters. The van der Waals surface area contributed by atoms with E-state index < -0.39 is 42.1 Å². The quantitative estimate of drug-likeness (QED) is 0.433. The highest BCUT2D eigenvalue weighted by molar-refractivity contribution is 5.92. The Kier molecular flexibility index (Phi) is 4.45. The number of aliphatic hydroxyl groups is 2. The number of aliphatic hydroxyl groups excluding tert-OH is 2. The van der Waals surface area contributed by atoms with Gasteiger partial charge >= 0.3 is 5.97 Å². The van der Waals surface area contributed by atoms with Crippen LogP contribution in [0.2, 0.25) is 0 Å². The van der Waals surface area contributed by atoms with Gasteiger partial charge in [-0.1, -0.05) is 0 Å². The van der Waals surface area contributed by atoms with E-state index in [0.717, 1.165) is 4.90 Å². The van der Waals surface area contributed by atoms with Crippen molar-refractivity contribution in [3.63, 3.8) is 0 Å². The molecule has 0 radical (unpaired) electrons. The number of amides is 2. The molecular weight excluding hydrogens is 282 g/mol. The Balaban J connectivity index is 2.18. The van der Waals surface area contributed by atoms with Gasteiger partial charge in [0.25, 0.3) is 0 Å². The first-order chi connectivity index (χ1) is 9.86. The molecule has 2 rings (SSSR count). The molecule has 0 saturated carbocycles. The number of hydrogen-bond donors (Lipinski definition) is 4. The average Bonchev–Trinajstić information content (AvgIpc) is 3.00. The minimum atomic E-state index is -1.31. The Labute approximate surface area is 120 Å². The van der Waals surface area contributed by atoms with Gasteiger partial charge in [0.05, 0.1) is 18.8 Å². The van der Waals surface area contributed by atoms with Crippen molar-refractivity contribution >= 4 is 17.8 Å². The Morgan fingerprint density at radius 1 is 1.19 bits per heavy atom. The van der Waals surface area contributed by atoms with Gasteiger partial charge in [0.1, 0.15) is 6.04 Å². The second-order valence-corrected chi connectivity index (χ2v) is 5.33. The Hall–Kier alpha value is -1.71. The van der Waals surface area contributed by atoms with Gasteiger partial charge < -0.3 is 30.9 Å². The van der Waals surface area contributed by atoms with Crippen LogP contribution in [-0.4, -0.2) is 86.8 Å². The van der Waals surface area contributed by atoms with Gasteiger partial charge in [-0.05, 0) is 6.42 Å². The van der Waals surface area contributed by atoms with E-state index in [0.29, 0.717) is 0 Å². The van der Waals surface area contributed by atoms with Crippen LogP contribution in [0.4, 0.5) is 0 Å². The number of nitrogens with zero attached hydrogens (tertiary/aromatic N) is 2. The van der Waals surface area contributed by atoms with Crippen LogP contribution >= 0.6 is 0 Å². The van der Waals surface area contributed by atoms with E-state index in [-0.39, 0.29) is 32.5 Å². The minimum absolute atomic E-state index is 0.000567. The van der Waals surface area contributed by atoms with E-state index in [1.54, 1.807) is 0 Å². The first-order valence-electron chi connectivity index (χ1n) is 6.75. The normalized spacial score (nSPS) is 32.5. The fraction of sp³-hybridized carbons (Fsp3) is 0.750. The van der Waals surface area contributed by atoms with Crippen molar-refractivity contribution in [3.8, 4) is 0 Å². The van der Waals surface area contributed by atoms with Crippen molar-refractivity contribution in [3.05, 3.63) is 0 Å². The number of carbonyl (C=O) groups is 3. The van der Waals surface area contributed by atoms with E-state index >= 15 is 0 Å². The van der Waals surface area contributed by atoms with Crippen molar-refractivity contribution in [2.75, 3.05) is 19.6 Å². The molecule has 2 fully saturated rings. The smallest absolute Gasteiger partial charge is 0.329 e. The van der Waals surface area contributed by atoms with Gasteiger partial charge in [-0.2, -0.15) is 0 Å². The van der Waals surface area contributed by atoms with Gasteiger partial charge in [-0.3, -0.25) is 9.59 Å². The number of likely N-dealkylation sites (tertiary alicyclic amines) is 2. The lowest BCUT2D eigenvalue weighted by atomic mass is 10.1. The topological polar surface area (TPSA) is 144 Å². The molecule has 118 valence electrons. The van der Waals surface area contributed by atoms with Gasteiger partial charge in [-0.25, -0.2) is 4.79 Å². The summed E-state index contributed by atoms with van der Waals surface area (Å²) in [6.07, 6.45) is -1.76. The molecule has 2 aliphatic rings. The fourth-order valence-corrected chi connectivity index (χ4v) is 2.95. The fourth-order valence-electron chi connectivity index (χ4n) is 2.95. The summed E-state index contributed by atoms with van der Waals surface area (Å²) in [6.45, 7) is -0.184. The monoisotopic (exact) mass is 301 g/mol. The third-order valence-corrected chi connectivity index (χ3v) is 3.96. The molecule has 0 aromatic carbocycles. The largest absolute Gasteiger partial charge is 0.480 e. The number of nitrogens with two attached hydrogens (primary N) is 1. The molecule has 5 N–H and O–H groups in total. The van der Waals surface area contributed by atoms with E-state index in [1.165, 1.54) is 4.90 Å². The molecule has 0 unspecified atom stereocenters. The summed E-state index contributed by atoms with van der Waals surface area (Å²) in [7, 11) is 0. The lowest BCUT2D eigenvalue weighted by molar-refractivity contribution is -0.154. The van der Waals surface area contributed by atoms with Crippen LogP contribution in [-0.2, 0) is 14.4 Å². The van der Waals surface area contributed by atoms with Crippen LogP contribution in [0.3, 0.4) is 0 Å². The molecule has 2 saturated heterocycles. The van der Waals surface area contributed by atoms with Gasteiger partial charge in [0.15, 0.2) is 6.04 Å². The van der Waals surface area contributed by atoms with Crippen LogP contribution < -0.4 is 5.73 Å². The third kappa shape index (κ3) is 2.85. The number of β-amino-alcohol motifs (C(OH)–C–C–N with tert-alkyl or cyclic N) is 1. The predicted molar refractivity (Wildman–Crippen MR) is 68.9 cm³/mol. The molecular formula is C12H19N3O6. The number of carbonyl (C=O) groups excluding carboxylic acids is 2. The van der Waals surface area contributed by atoms with Gasteiger partial charge in [0, 0.05) is 19.5 Å². The molecule has 9 heteroatoms.